The van der Waals surface area contributed by atoms with Gasteiger partial charge in [-0.2, -0.15) is 5.10 Å². The quantitative estimate of drug-likeness (QED) is 0.365. The topological polar surface area (TPSA) is 119 Å². The highest BCUT2D eigenvalue weighted by Gasteiger charge is 2.25. The van der Waals surface area contributed by atoms with Crippen LogP contribution >= 0.6 is 0 Å². The maximum Gasteiger partial charge on any atom is 0.267 e. The molecule has 184 valence electrons. The first-order chi connectivity index (χ1) is 16.6. The number of pyridine rings is 2. The highest BCUT2D eigenvalue weighted by molar-refractivity contribution is 7.92. The third kappa shape index (κ3) is 4.85. The standard InChI is InChI=1S/C22H20F3N5O4S/c1-11(2)20-14-7-13(9-26-21(14)29-28-20)34-10-15-16(24)4-5-17(19(15)25)30-35(31,32)18-6-12(23)8-27-22(18)33-3/h4-9,11,30H,10H2,1-3H3,(H,26,28,29). The first kappa shape index (κ1) is 24.3. The second kappa shape index (κ2) is 9.41. The second-order valence-electron chi connectivity index (χ2n) is 7.77. The van der Waals surface area contributed by atoms with Gasteiger partial charge in [-0.15, -0.1) is 0 Å². The molecule has 3 aromatic heterocycles. The lowest BCUT2D eigenvalue weighted by atomic mass is 10.1. The fourth-order valence-electron chi connectivity index (χ4n) is 3.34. The lowest BCUT2D eigenvalue weighted by molar-refractivity contribution is 0.292. The van der Waals surface area contributed by atoms with Crippen LogP contribution in [0.1, 0.15) is 31.0 Å². The van der Waals surface area contributed by atoms with Gasteiger partial charge in [0, 0.05) is 11.5 Å². The van der Waals surface area contributed by atoms with Crippen molar-refractivity contribution >= 4 is 26.7 Å². The van der Waals surface area contributed by atoms with E-state index in [1.165, 1.54) is 6.20 Å². The molecule has 0 bridgehead atoms. The van der Waals surface area contributed by atoms with Gasteiger partial charge in [0.05, 0.1) is 36.4 Å². The monoisotopic (exact) mass is 507 g/mol. The number of ether oxygens (including phenoxy) is 2. The van der Waals surface area contributed by atoms with Crippen LogP contribution < -0.4 is 14.2 Å². The number of methoxy groups -OCH3 is 1. The van der Waals surface area contributed by atoms with Gasteiger partial charge in [0.25, 0.3) is 10.0 Å². The number of sulfonamides is 1. The molecule has 0 aliphatic rings. The molecule has 9 nitrogen and oxygen atoms in total. The Morgan fingerprint density at radius 3 is 2.60 bits per heavy atom. The van der Waals surface area contributed by atoms with Crippen molar-refractivity contribution < 1.29 is 31.1 Å². The number of halogens is 3. The highest BCUT2D eigenvalue weighted by atomic mass is 32.2. The molecule has 4 rings (SSSR count). The van der Waals surface area contributed by atoms with Gasteiger partial charge in [-0.25, -0.2) is 31.6 Å². The summed E-state index contributed by atoms with van der Waals surface area (Å²) in [5, 5.41) is 7.72. The van der Waals surface area contributed by atoms with E-state index < -0.39 is 56.1 Å². The van der Waals surface area contributed by atoms with E-state index in [-0.39, 0.29) is 11.7 Å². The number of nitrogens with one attached hydrogen (secondary N) is 2. The second-order valence-corrected chi connectivity index (χ2v) is 9.42. The third-order valence-corrected chi connectivity index (χ3v) is 6.41. The molecule has 4 aromatic rings. The van der Waals surface area contributed by atoms with E-state index in [4.69, 9.17) is 9.47 Å². The van der Waals surface area contributed by atoms with Crippen molar-refractivity contribution in [3.8, 4) is 11.6 Å². The normalized spacial score (nSPS) is 11.7. The summed E-state index contributed by atoms with van der Waals surface area (Å²) in [5.74, 6) is -3.14. The molecule has 13 heteroatoms. The van der Waals surface area contributed by atoms with Crippen LogP contribution in [0.4, 0.5) is 18.9 Å². The van der Waals surface area contributed by atoms with Crippen LogP contribution in [0.5, 0.6) is 11.6 Å². The fourth-order valence-corrected chi connectivity index (χ4v) is 4.53. The average molecular weight is 507 g/mol. The van der Waals surface area contributed by atoms with E-state index >= 15 is 4.39 Å². The van der Waals surface area contributed by atoms with Crippen LogP contribution in [0.25, 0.3) is 11.0 Å². The van der Waals surface area contributed by atoms with E-state index in [9.17, 15) is 17.2 Å². The Hall–Kier alpha value is -3.87. The molecule has 0 fully saturated rings. The largest absolute Gasteiger partial charge is 0.487 e. The zero-order valence-electron chi connectivity index (χ0n) is 18.8. The van der Waals surface area contributed by atoms with Crippen molar-refractivity contribution in [2.75, 3.05) is 11.8 Å². The van der Waals surface area contributed by atoms with Gasteiger partial charge in [0.2, 0.25) is 5.88 Å². The number of hydrogen-bond donors (Lipinski definition) is 2. The van der Waals surface area contributed by atoms with Crippen molar-refractivity contribution in [1.29, 1.82) is 0 Å². The van der Waals surface area contributed by atoms with Gasteiger partial charge in [-0.05, 0) is 24.1 Å². The van der Waals surface area contributed by atoms with Gasteiger partial charge < -0.3 is 9.47 Å². The summed E-state index contributed by atoms with van der Waals surface area (Å²) in [6.07, 6.45) is 2.14. The highest BCUT2D eigenvalue weighted by Crippen LogP contribution is 2.29. The minimum atomic E-state index is -4.53. The molecular weight excluding hydrogens is 487 g/mol. The number of fused-ring (bicyclic) bond motifs is 1. The predicted molar refractivity (Wildman–Crippen MR) is 120 cm³/mol. The average Bonchev–Trinajstić information content (AvgIpc) is 3.24. The maximum absolute atomic E-state index is 15.1. The molecule has 1 aromatic carbocycles. The zero-order valence-corrected chi connectivity index (χ0v) is 19.6. The van der Waals surface area contributed by atoms with E-state index in [0.717, 1.165) is 31.1 Å². The van der Waals surface area contributed by atoms with Crippen LogP contribution in [-0.2, 0) is 16.6 Å². The molecule has 2 N–H and O–H groups in total. The number of nitrogens with zero attached hydrogens (tertiary/aromatic N) is 3. The molecule has 3 heterocycles. The molecule has 0 aliphatic carbocycles. The lowest BCUT2D eigenvalue weighted by Crippen LogP contribution is -2.17. The van der Waals surface area contributed by atoms with E-state index in [0.29, 0.717) is 17.1 Å². The molecule has 0 aliphatic heterocycles. The van der Waals surface area contributed by atoms with Crippen molar-refractivity contribution in [3.05, 3.63) is 65.4 Å². The third-order valence-electron chi connectivity index (χ3n) is 5.05. The van der Waals surface area contributed by atoms with E-state index in [1.54, 1.807) is 6.07 Å². The Balaban J connectivity index is 1.61. The van der Waals surface area contributed by atoms with Gasteiger partial charge in [0.1, 0.15) is 24.0 Å². The predicted octanol–water partition coefficient (Wildman–Crippen LogP) is 4.28. The zero-order chi connectivity index (χ0) is 25.3. The minimum Gasteiger partial charge on any atom is -0.487 e. The van der Waals surface area contributed by atoms with Crippen LogP contribution in [-0.4, -0.2) is 35.7 Å². The summed E-state index contributed by atoms with van der Waals surface area (Å²) in [4.78, 5) is 7.10. The molecule has 0 atom stereocenters. The number of aromatic amines is 1. The number of anilines is 1. The lowest BCUT2D eigenvalue weighted by Gasteiger charge is -2.14. The Labute approximate surface area is 198 Å². The van der Waals surface area contributed by atoms with Crippen molar-refractivity contribution in [3.63, 3.8) is 0 Å². The van der Waals surface area contributed by atoms with E-state index in [2.05, 4.69) is 20.2 Å². The molecule has 35 heavy (non-hydrogen) atoms. The van der Waals surface area contributed by atoms with Crippen molar-refractivity contribution in [2.45, 2.75) is 31.3 Å². The summed E-state index contributed by atoms with van der Waals surface area (Å²) in [6, 6.07) is 4.10. The smallest absolute Gasteiger partial charge is 0.267 e. The van der Waals surface area contributed by atoms with Crippen LogP contribution in [0.15, 0.2) is 41.6 Å². The molecule has 0 saturated carbocycles. The summed E-state index contributed by atoms with van der Waals surface area (Å²) >= 11 is 0. The Kier molecular flexibility index (Phi) is 6.52. The number of H-pyrrole nitrogens is 1. The summed E-state index contributed by atoms with van der Waals surface area (Å²) in [7, 11) is -3.38. The molecule has 0 unspecified atom stereocenters. The van der Waals surface area contributed by atoms with Crippen LogP contribution in [0.2, 0.25) is 0 Å². The molecular formula is C22H20F3N5O4S. The first-order valence-corrected chi connectivity index (χ1v) is 11.7. The van der Waals surface area contributed by atoms with Crippen molar-refractivity contribution in [2.24, 2.45) is 0 Å². The number of benzene rings is 1. The summed E-state index contributed by atoms with van der Waals surface area (Å²) in [5.41, 5.74) is 0.207. The van der Waals surface area contributed by atoms with Crippen LogP contribution in [0, 0.1) is 17.5 Å². The summed E-state index contributed by atoms with van der Waals surface area (Å²) in [6.45, 7) is 3.35. The van der Waals surface area contributed by atoms with Gasteiger partial charge >= 0.3 is 0 Å². The van der Waals surface area contributed by atoms with Crippen molar-refractivity contribution in [1.82, 2.24) is 20.2 Å². The van der Waals surface area contributed by atoms with E-state index in [1.807, 2.05) is 18.6 Å². The number of hydrogen-bond acceptors (Lipinski definition) is 7. The minimum absolute atomic E-state index is 0.104. The Morgan fingerprint density at radius 2 is 1.89 bits per heavy atom. The number of rotatable bonds is 8. The Morgan fingerprint density at radius 1 is 1.11 bits per heavy atom. The Bertz CT molecular complexity index is 1510. The first-order valence-electron chi connectivity index (χ1n) is 10.3. The maximum atomic E-state index is 15.1. The summed E-state index contributed by atoms with van der Waals surface area (Å²) < 4.78 is 81.0. The van der Waals surface area contributed by atoms with Gasteiger partial charge in [0.15, 0.2) is 16.4 Å². The van der Waals surface area contributed by atoms with Gasteiger partial charge in [-0.1, -0.05) is 13.8 Å². The molecule has 0 saturated heterocycles. The van der Waals surface area contributed by atoms with Crippen LogP contribution in [0.3, 0.4) is 0 Å². The molecule has 0 spiro atoms. The van der Waals surface area contributed by atoms with Gasteiger partial charge in [-0.3, -0.25) is 9.82 Å². The SMILES string of the molecule is COc1ncc(F)cc1S(=O)(=O)Nc1ccc(F)c(COc2cnc3[nH]nc(C(C)C)c3c2)c1F. The molecule has 0 amide bonds. The fraction of sp³-hybridized carbons (Fsp3) is 0.227. The number of aromatic nitrogens is 4. The molecule has 0 radical (unpaired) electrons.